The van der Waals surface area contributed by atoms with E-state index in [1.807, 2.05) is 74.7 Å². The minimum Gasteiger partial charge on any atom is -0.346 e. The smallest absolute Gasteiger partial charge is 0.244 e. The molecule has 1 aromatic heterocycles. The lowest BCUT2D eigenvalue weighted by Gasteiger charge is -2.16. The molecule has 0 fully saturated rings. The fraction of sp³-hybridized carbons (Fsp3) is 0.318. The van der Waals surface area contributed by atoms with Gasteiger partial charge in [-0.2, -0.15) is 0 Å². The average Bonchev–Trinajstić information content (AvgIpc) is 3.03. The highest BCUT2D eigenvalue weighted by Crippen LogP contribution is 2.21. The molecule has 146 valence electrons. The number of para-hydroxylation sites is 2. The van der Waals surface area contributed by atoms with Gasteiger partial charge in [0.05, 0.1) is 17.1 Å². The van der Waals surface area contributed by atoms with E-state index in [1.54, 1.807) is 0 Å². The summed E-state index contributed by atoms with van der Waals surface area (Å²) in [4.78, 5) is 29.2. The monoisotopic (exact) mass is 378 g/mol. The molecular formula is C22H26N4O2. The average molecular weight is 378 g/mol. The van der Waals surface area contributed by atoms with Crippen LogP contribution in [0, 0.1) is 13.8 Å². The highest BCUT2D eigenvalue weighted by molar-refractivity contribution is 5.92. The fourth-order valence-electron chi connectivity index (χ4n) is 3.16. The number of amides is 2. The Labute approximate surface area is 165 Å². The second kappa shape index (κ2) is 8.25. The van der Waals surface area contributed by atoms with Gasteiger partial charge in [-0.05, 0) is 56.2 Å². The van der Waals surface area contributed by atoms with Crippen molar-refractivity contribution in [3.05, 3.63) is 59.4 Å². The lowest BCUT2D eigenvalue weighted by Crippen LogP contribution is -2.29. The van der Waals surface area contributed by atoms with E-state index in [0.717, 1.165) is 22.3 Å². The molecule has 0 aliphatic carbocycles. The summed E-state index contributed by atoms with van der Waals surface area (Å²) in [7, 11) is 0. The Balaban J connectivity index is 1.88. The second-order valence-electron chi connectivity index (χ2n) is 7.03. The molecule has 0 radical (unpaired) electrons. The van der Waals surface area contributed by atoms with Gasteiger partial charge in [-0.15, -0.1) is 0 Å². The molecule has 0 bridgehead atoms. The van der Waals surface area contributed by atoms with Crippen LogP contribution < -0.4 is 10.6 Å². The summed E-state index contributed by atoms with van der Waals surface area (Å²) in [5, 5.41) is 5.89. The maximum absolute atomic E-state index is 12.7. The third-order valence-corrected chi connectivity index (χ3v) is 4.86. The van der Waals surface area contributed by atoms with Crippen molar-refractivity contribution >= 4 is 28.5 Å². The number of fused-ring (bicyclic) bond motifs is 1. The molecule has 28 heavy (non-hydrogen) atoms. The van der Waals surface area contributed by atoms with Crippen molar-refractivity contribution in [2.75, 3.05) is 5.32 Å². The largest absolute Gasteiger partial charge is 0.346 e. The maximum Gasteiger partial charge on any atom is 0.244 e. The molecule has 0 aliphatic heterocycles. The molecule has 0 saturated heterocycles. The van der Waals surface area contributed by atoms with E-state index in [4.69, 9.17) is 0 Å². The highest BCUT2D eigenvalue weighted by atomic mass is 16.2. The van der Waals surface area contributed by atoms with Crippen LogP contribution in [0.1, 0.15) is 43.3 Å². The van der Waals surface area contributed by atoms with Gasteiger partial charge < -0.3 is 15.2 Å². The Bertz CT molecular complexity index is 1020. The zero-order chi connectivity index (χ0) is 20.3. The van der Waals surface area contributed by atoms with Crippen molar-refractivity contribution in [2.45, 2.75) is 46.7 Å². The minimum atomic E-state index is -0.297. The summed E-state index contributed by atoms with van der Waals surface area (Å²) >= 11 is 0. The Morgan fingerprint density at radius 2 is 1.82 bits per heavy atom. The lowest BCUT2D eigenvalue weighted by atomic mass is 10.1. The Morgan fingerprint density at radius 1 is 1.07 bits per heavy atom. The SMILES string of the molecule is CCC(=O)NC(C)c1nc2ccccc2n1CC(=O)Nc1ccc(C)c(C)c1. The normalized spacial score (nSPS) is 12.0. The van der Waals surface area contributed by atoms with E-state index in [9.17, 15) is 9.59 Å². The number of hydrogen-bond acceptors (Lipinski definition) is 3. The predicted molar refractivity (Wildman–Crippen MR) is 111 cm³/mol. The first-order valence-corrected chi connectivity index (χ1v) is 9.50. The van der Waals surface area contributed by atoms with Gasteiger partial charge in [0.2, 0.25) is 11.8 Å². The van der Waals surface area contributed by atoms with E-state index in [2.05, 4.69) is 15.6 Å². The third-order valence-electron chi connectivity index (χ3n) is 4.86. The summed E-state index contributed by atoms with van der Waals surface area (Å²) in [5.41, 5.74) is 4.75. The van der Waals surface area contributed by atoms with Crippen LogP contribution in [0.25, 0.3) is 11.0 Å². The van der Waals surface area contributed by atoms with E-state index in [1.165, 1.54) is 5.56 Å². The van der Waals surface area contributed by atoms with E-state index in [0.29, 0.717) is 12.2 Å². The summed E-state index contributed by atoms with van der Waals surface area (Å²) in [6, 6.07) is 13.2. The van der Waals surface area contributed by atoms with Crippen LogP contribution in [0.3, 0.4) is 0 Å². The molecule has 0 aliphatic rings. The zero-order valence-electron chi connectivity index (χ0n) is 16.7. The van der Waals surface area contributed by atoms with Gasteiger partial charge in [0, 0.05) is 12.1 Å². The van der Waals surface area contributed by atoms with Crippen molar-refractivity contribution < 1.29 is 9.59 Å². The van der Waals surface area contributed by atoms with Gasteiger partial charge >= 0.3 is 0 Å². The number of rotatable bonds is 6. The Hall–Kier alpha value is -3.15. The van der Waals surface area contributed by atoms with Gasteiger partial charge in [0.15, 0.2) is 0 Å². The summed E-state index contributed by atoms with van der Waals surface area (Å²) in [5.74, 6) is 0.477. The molecule has 0 saturated carbocycles. The van der Waals surface area contributed by atoms with Crippen molar-refractivity contribution in [2.24, 2.45) is 0 Å². The molecular weight excluding hydrogens is 352 g/mol. The molecule has 0 spiro atoms. The molecule has 1 heterocycles. The number of aryl methyl sites for hydroxylation is 2. The molecule has 2 N–H and O–H groups in total. The number of nitrogens with one attached hydrogen (secondary N) is 2. The quantitative estimate of drug-likeness (QED) is 0.683. The highest BCUT2D eigenvalue weighted by Gasteiger charge is 2.19. The first-order chi connectivity index (χ1) is 13.4. The number of aromatic nitrogens is 2. The van der Waals surface area contributed by atoms with Gasteiger partial charge in [-0.25, -0.2) is 4.98 Å². The van der Waals surface area contributed by atoms with Crippen LogP contribution in [0.15, 0.2) is 42.5 Å². The van der Waals surface area contributed by atoms with E-state index >= 15 is 0 Å². The maximum atomic E-state index is 12.7. The Kier molecular flexibility index (Phi) is 5.78. The first kappa shape index (κ1) is 19.6. The van der Waals surface area contributed by atoms with Crippen molar-refractivity contribution in [3.8, 4) is 0 Å². The van der Waals surface area contributed by atoms with E-state index in [-0.39, 0.29) is 24.4 Å². The number of carbonyl (C=O) groups excluding carboxylic acids is 2. The Morgan fingerprint density at radius 3 is 2.54 bits per heavy atom. The summed E-state index contributed by atoms with van der Waals surface area (Å²) in [6.07, 6.45) is 0.401. The second-order valence-corrected chi connectivity index (χ2v) is 7.03. The van der Waals surface area contributed by atoms with Crippen molar-refractivity contribution in [3.63, 3.8) is 0 Å². The number of nitrogens with zero attached hydrogens (tertiary/aromatic N) is 2. The summed E-state index contributed by atoms with van der Waals surface area (Å²) in [6.45, 7) is 7.87. The van der Waals surface area contributed by atoms with Crippen LogP contribution in [0.5, 0.6) is 0 Å². The molecule has 1 unspecified atom stereocenters. The van der Waals surface area contributed by atoms with Crippen LogP contribution >= 0.6 is 0 Å². The fourth-order valence-corrected chi connectivity index (χ4v) is 3.16. The molecule has 2 amide bonds. The van der Waals surface area contributed by atoms with E-state index < -0.39 is 0 Å². The number of carbonyl (C=O) groups is 2. The topological polar surface area (TPSA) is 76.0 Å². The standard InChI is InChI=1S/C22H26N4O2/c1-5-20(27)23-16(4)22-25-18-8-6-7-9-19(18)26(22)13-21(28)24-17-11-10-14(2)15(3)12-17/h6-12,16H,5,13H2,1-4H3,(H,23,27)(H,24,28). The molecule has 1 atom stereocenters. The van der Waals surface area contributed by atoms with Gasteiger partial charge in [-0.1, -0.05) is 25.1 Å². The predicted octanol–water partition coefficient (Wildman–Crippen LogP) is 3.88. The number of benzene rings is 2. The van der Waals surface area contributed by atoms with Crippen molar-refractivity contribution in [1.29, 1.82) is 0 Å². The van der Waals surface area contributed by atoms with Gasteiger partial charge in [0.25, 0.3) is 0 Å². The summed E-state index contributed by atoms with van der Waals surface area (Å²) < 4.78 is 1.87. The molecule has 6 nitrogen and oxygen atoms in total. The van der Waals surface area contributed by atoms with Crippen molar-refractivity contribution in [1.82, 2.24) is 14.9 Å². The first-order valence-electron chi connectivity index (χ1n) is 9.50. The molecule has 2 aromatic carbocycles. The van der Waals surface area contributed by atoms with Crippen LogP contribution in [-0.2, 0) is 16.1 Å². The molecule has 6 heteroatoms. The van der Waals surface area contributed by atoms with Crippen LogP contribution in [0.4, 0.5) is 5.69 Å². The lowest BCUT2D eigenvalue weighted by molar-refractivity contribution is -0.121. The minimum absolute atomic E-state index is 0.0503. The van der Waals surface area contributed by atoms with Gasteiger partial charge in [-0.3, -0.25) is 9.59 Å². The van der Waals surface area contributed by atoms with Crippen LogP contribution in [-0.4, -0.2) is 21.4 Å². The molecule has 3 aromatic rings. The van der Waals surface area contributed by atoms with Crippen LogP contribution in [0.2, 0.25) is 0 Å². The molecule has 3 rings (SSSR count). The number of anilines is 1. The zero-order valence-corrected chi connectivity index (χ0v) is 16.7. The number of hydrogen-bond donors (Lipinski definition) is 2. The number of imidazole rings is 1. The third kappa shape index (κ3) is 4.22. The van der Waals surface area contributed by atoms with Gasteiger partial charge in [0.1, 0.15) is 12.4 Å².